The average Bonchev–Trinajstić information content (AvgIpc) is 3.36. The van der Waals surface area contributed by atoms with Crippen LogP contribution in [-0.4, -0.2) is 69.4 Å². The molecular weight excluding hydrogens is 940 g/mol. The van der Waals surface area contributed by atoms with Gasteiger partial charge in [-0.05, 0) is 102 Å². The van der Waals surface area contributed by atoms with Gasteiger partial charge in [-0.15, -0.1) is 0 Å². The molecule has 3 unspecified atom stereocenters. The van der Waals surface area contributed by atoms with Crippen LogP contribution in [0.15, 0.2) is 85.1 Å². The minimum absolute atomic E-state index is 0.0305. The predicted molar refractivity (Wildman–Crippen MR) is 316 cm³/mol. The van der Waals surface area contributed by atoms with Crippen molar-refractivity contribution in [2.75, 3.05) is 40.9 Å². The number of hydrogen-bond donors (Lipinski definition) is 1. The molecule has 0 rings (SSSR count). The number of esters is 1. The minimum atomic E-state index is -4.71. The number of likely N-dealkylation sites (N-methyl/N-ethyl adjacent to an activating group) is 1. The Morgan fingerprint density at radius 1 is 0.486 bits per heavy atom. The summed E-state index contributed by atoms with van der Waals surface area (Å²) in [6.45, 7) is 6.70. The molecule has 9 nitrogen and oxygen atoms in total. The maximum absolute atomic E-state index is 13.5. The molecule has 428 valence electrons. The first-order valence-electron chi connectivity index (χ1n) is 30.4. The number of nitrogens with zero attached hydrogens (tertiary/aromatic N) is 1. The van der Waals surface area contributed by atoms with Gasteiger partial charge in [0.05, 0.1) is 33.8 Å². The molecule has 0 aromatic rings. The number of allylic oxidation sites excluding steroid dienone is 13. The maximum Gasteiger partial charge on any atom is 0.306 e. The summed E-state index contributed by atoms with van der Waals surface area (Å²) in [5.41, 5.74) is 0. The molecule has 0 aliphatic rings. The van der Waals surface area contributed by atoms with E-state index in [-0.39, 0.29) is 24.9 Å². The van der Waals surface area contributed by atoms with Gasteiger partial charge in [0.15, 0.2) is 0 Å². The number of phosphoric ester groups is 1. The Morgan fingerprint density at radius 3 is 1.31 bits per heavy atom. The number of amides is 1. The molecule has 74 heavy (non-hydrogen) atoms. The molecular formula is C64H115N2O7P. The van der Waals surface area contributed by atoms with Crippen LogP contribution in [0.5, 0.6) is 0 Å². The van der Waals surface area contributed by atoms with Gasteiger partial charge in [-0.2, -0.15) is 0 Å². The molecule has 0 aliphatic heterocycles. The second-order valence-electron chi connectivity index (χ2n) is 21.5. The maximum atomic E-state index is 13.5. The molecule has 1 N–H and O–H groups in total. The zero-order chi connectivity index (χ0) is 54.3. The second-order valence-corrected chi connectivity index (χ2v) is 22.9. The summed E-state index contributed by atoms with van der Waals surface area (Å²) in [7, 11) is 1.16. The first-order valence-corrected chi connectivity index (χ1v) is 31.9. The lowest BCUT2D eigenvalue weighted by Crippen LogP contribution is -2.47. The molecule has 0 radical (unpaired) electrons. The van der Waals surface area contributed by atoms with Gasteiger partial charge < -0.3 is 28.5 Å². The Labute approximate surface area is 456 Å². The van der Waals surface area contributed by atoms with Gasteiger partial charge in [-0.3, -0.25) is 14.2 Å². The lowest BCUT2D eigenvalue weighted by Gasteiger charge is -2.30. The fraction of sp³-hybridized carbons (Fsp3) is 0.750. The molecule has 0 saturated carbocycles. The van der Waals surface area contributed by atoms with E-state index in [9.17, 15) is 19.0 Å². The van der Waals surface area contributed by atoms with Crippen molar-refractivity contribution in [3.63, 3.8) is 0 Å². The van der Waals surface area contributed by atoms with E-state index in [0.29, 0.717) is 23.9 Å². The average molecular weight is 1060 g/mol. The van der Waals surface area contributed by atoms with Gasteiger partial charge >= 0.3 is 5.97 Å². The van der Waals surface area contributed by atoms with E-state index in [2.05, 4.69) is 99.0 Å². The van der Waals surface area contributed by atoms with Crippen LogP contribution in [0.4, 0.5) is 0 Å². The third kappa shape index (κ3) is 54.0. The molecule has 0 spiro atoms. The summed E-state index contributed by atoms with van der Waals surface area (Å²) in [5, 5.41) is 3.01. The Morgan fingerprint density at radius 2 is 0.865 bits per heavy atom. The van der Waals surface area contributed by atoms with Crippen molar-refractivity contribution < 1.29 is 37.3 Å². The summed E-state index contributed by atoms with van der Waals surface area (Å²) < 4.78 is 30.3. The number of carbonyl (C=O) groups excluding carboxylic acids is 2. The first-order chi connectivity index (χ1) is 35.9. The molecule has 3 atom stereocenters. The zero-order valence-corrected chi connectivity index (χ0v) is 49.7. The number of quaternary nitrogens is 1. The van der Waals surface area contributed by atoms with Crippen molar-refractivity contribution >= 4 is 19.7 Å². The number of rotatable bonds is 54. The van der Waals surface area contributed by atoms with E-state index in [0.717, 1.165) is 122 Å². The summed E-state index contributed by atoms with van der Waals surface area (Å²) in [6.07, 6.45) is 69.7. The normalized spacial score (nSPS) is 14.3. The van der Waals surface area contributed by atoms with Crippen molar-refractivity contribution in [2.45, 2.75) is 270 Å². The largest absolute Gasteiger partial charge is 0.756 e. The van der Waals surface area contributed by atoms with Gasteiger partial charge in [0.2, 0.25) is 5.91 Å². The predicted octanol–water partition coefficient (Wildman–Crippen LogP) is 18.0. The first kappa shape index (κ1) is 71.2. The summed E-state index contributed by atoms with van der Waals surface area (Å²) >= 11 is 0. The summed E-state index contributed by atoms with van der Waals surface area (Å²) in [6, 6.07) is -0.904. The molecule has 0 fully saturated rings. The molecule has 0 heterocycles. The number of hydrogen-bond acceptors (Lipinski definition) is 7. The van der Waals surface area contributed by atoms with E-state index in [4.69, 9.17) is 13.8 Å². The van der Waals surface area contributed by atoms with Crippen LogP contribution in [0, 0.1) is 0 Å². The quantitative estimate of drug-likeness (QED) is 0.0212. The standard InChI is InChI=1S/C64H115N2O7P/c1-7-10-13-16-19-22-25-27-29-31-32-33-34-35-37-39-42-45-48-51-54-57-64(68)73-62(55-52-49-46-43-40-24-21-18-15-12-9-3)61(60-72-74(69,70)71-59-58-66(4,5)6)65-63(67)56-53-50-47-44-41-38-36-30-28-26-23-20-17-14-11-8-2/h10,13,19,22,27,29-30,32-33,35-37,52,55,61-62H,7-9,11-12,14-18,20-21,23-26,28,31,34,38-51,53-54,56-60H2,1-6H3,(H-,65,67,69,70)/b13-10-,22-19-,29-27-,33-32-,36-30+,37-35-,55-52+. The Bertz CT molecular complexity index is 1540. The van der Waals surface area contributed by atoms with Crippen molar-refractivity contribution in [3.05, 3.63) is 85.1 Å². The van der Waals surface area contributed by atoms with Crippen molar-refractivity contribution in [2.24, 2.45) is 0 Å². The lowest BCUT2D eigenvalue weighted by molar-refractivity contribution is -0.870. The molecule has 1 amide bonds. The SMILES string of the molecule is CC/C=C\C/C=C\C/C=C\C/C=C\C/C=C\CCCCCCCC(=O)OC(/C=C/CCCCCCCCCCC)C(COP(=O)([O-])OCC[N+](C)(C)C)NC(=O)CCCCCCC/C=C/CCCCCCCCC. The topological polar surface area (TPSA) is 114 Å². The fourth-order valence-corrected chi connectivity index (χ4v) is 9.09. The van der Waals surface area contributed by atoms with Crippen LogP contribution >= 0.6 is 7.82 Å². The van der Waals surface area contributed by atoms with Crippen molar-refractivity contribution in [3.8, 4) is 0 Å². The van der Waals surface area contributed by atoms with E-state index >= 15 is 0 Å². The van der Waals surface area contributed by atoms with Gasteiger partial charge in [-0.1, -0.05) is 228 Å². The second kappa shape index (κ2) is 53.6. The van der Waals surface area contributed by atoms with Crippen LogP contribution in [0.1, 0.15) is 258 Å². The van der Waals surface area contributed by atoms with Gasteiger partial charge in [0.25, 0.3) is 7.82 Å². The Balaban J connectivity index is 5.29. The number of unbranched alkanes of at least 4 members (excludes halogenated alkanes) is 26. The fourth-order valence-electron chi connectivity index (χ4n) is 8.37. The Hall–Kier alpha value is -2.81. The zero-order valence-electron chi connectivity index (χ0n) is 48.8. The molecule has 10 heteroatoms. The van der Waals surface area contributed by atoms with Gasteiger partial charge in [-0.25, -0.2) is 0 Å². The van der Waals surface area contributed by atoms with E-state index < -0.39 is 26.6 Å². The van der Waals surface area contributed by atoms with Gasteiger partial charge in [0.1, 0.15) is 19.3 Å². The van der Waals surface area contributed by atoms with E-state index in [1.54, 1.807) is 0 Å². The molecule has 0 aliphatic carbocycles. The molecule has 0 aromatic heterocycles. The smallest absolute Gasteiger partial charge is 0.306 e. The number of phosphoric acid groups is 1. The van der Waals surface area contributed by atoms with Crippen LogP contribution in [0.25, 0.3) is 0 Å². The van der Waals surface area contributed by atoms with E-state index in [1.165, 1.54) is 96.3 Å². The van der Waals surface area contributed by atoms with Crippen LogP contribution in [0.3, 0.4) is 0 Å². The number of carbonyl (C=O) groups is 2. The highest BCUT2D eigenvalue weighted by molar-refractivity contribution is 7.45. The van der Waals surface area contributed by atoms with Crippen molar-refractivity contribution in [1.82, 2.24) is 5.32 Å². The van der Waals surface area contributed by atoms with E-state index in [1.807, 2.05) is 33.3 Å². The molecule has 0 aromatic carbocycles. The Kier molecular flexibility index (Phi) is 51.5. The molecule has 0 saturated heterocycles. The monoisotopic (exact) mass is 1050 g/mol. The third-order valence-electron chi connectivity index (χ3n) is 13.1. The number of ether oxygens (including phenoxy) is 1. The highest BCUT2D eigenvalue weighted by Crippen LogP contribution is 2.38. The summed E-state index contributed by atoms with van der Waals surface area (Å²) in [5.74, 6) is -0.575. The minimum Gasteiger partial charge on any atom is -0.756 e. The highest BCUT2D eigenvalue weighted by atomic mass is 31.2. The van der Waals surface area contributed by atoms with Crippen LogP contribution < -0.4 is 10.2 Å². The van der Waals surface area contributed by atoms with Gasteiger partial charge in [0, 0.05) is 12.8 Å². The van der Waals surface area contributed by atoms with Crippen LogP contribution in [0.2, 0.25) is 0 Å². The molecule has 0 bridgehead atoms. The summed E-state index contributed by atoms with van der Waals surface area (Å²) in [4.78, 5) is 39.9. The third-order valence-corrected chi connectivity index (χ3v) is 14.0. The van der Waals surface area contributed by atoms with Crippen molar-refractivity contribution in [1.29, 1.82) is 0 Å². The highest BCUT2D eigenvalue weighted by Gasteiger charge is 2.27. The number of nitrogens with one attached hydrogen (secondary N) is 1. The lowest BCUT2D eigenvalue weighted by atomic mass is 10.1. The van der Waals surface area contributed by atoms with Crippen LogP contribution in [-0.2, 0) is 27.9 Å².